The number of ether oxygens (including phenoxy) is 2. The normalized spacial score (nSPS) is 10.8. The van der Waals surface area contributed by atoms with E-state index in [-0.39, 0.29) is 18.7 Å². The van der Waals surface area contributed by atoms with Crippen LogP contribution in [-0.4, -0.2) is 19.0 Å². The number of nitrogens with one attached hydrogen (secondary N) is 1. The van der Waals surface area contributed by atoms with E-state index >= 15 is 0 Å². The van der Waals surface area contributed by atoms with Crippen LogP contribution in [0.25, 0.3) is 6.08 Å². The lowest BCUT2D eigenvalue weighted by atomic mass is 10.1. The fourth-order valence-corrected chi connectivity index (χ4v) is 3.06. The highest BCUT2D eigenvalue weighted by molar-refractivity contribution is 6.30. The molecule has 166 valence electrons. The zero-order valence-electron chi connectivity index (χ0n) is 17.9. The molecule has 0 saturated carbocycles. The molecule has 3 aromatic carbocycles. The number of rotatable bonds is 8. The number of nitrogens with zero attached hydrogens (tertiary/aromatic N) is 1. The first-order chi connectivity index (χ1) is 16.0. The standard InChI is InChI=1S/C26H21ClN2O4/c1-32-26(31)20-10-6-19(7-11-20)17-33-24-5-3-2-4-21(24)14-22(15-28)25(30)29-16-18-8-12-23(27)13-9-18/h2-14H,16-17H2,1H3,(H,29,30). The van der Waals surface area contributed by atoms with Gasteiger partial charge in [0, 0.05) is 17.1 Å². The van der Waals surface area contributed by atoms with E-state index in [4.69, 9.17) is 21.1 Å². The van der Waals surface area contributed by atoms with Gasteiger partial charge in [-0.2, -0.15) is 5.26 Å². The first-order valence-electron chi connectivity index (χ1n) is 10.0. The molecule has 1 N–H and O–H groups in total. The van der Waals surface area contributed by atoms with Gasteiger partial charge in [0.1, 0.15) is 24.0 Å². The molecular weight excluding hydrogens is 440 g/mol. The largest absolute Gasteiger partial charge is 0.488 e. The lowest BCUT2D eigenvalue weighted by Gasteiger charge is -2.10. The van der Waals surface area contributed by atoms with Crippen LogP contribution in [0.5, 0.6) is 5.75 Å². The van der Waals surface area contributed by atoms with E-state index in [1.807, 2.05) is 6.07 Å². The molecule has 6 nitrogen and oxygen atoms in total. The van der Waals surface area contributed by atoms with Gasteiger partial charge >= 0.3 is 5.97 Å². The Kier molecular flexibility index (Phi) is 8.23. The summed E-state index contributed by atoms with van der Waals surface area (Å²) in [6, 6.07) is 23.0. The van der Waals surface area contributed by atoms with E-state index < -0.39 is 11.9 Å². The van der Waals surface area contributed by atoms with Gasteiger partial charge < -0.3 is 14.8 Å². The summed E-state index contributed by atoms with van der Waals surface area (Å²) in [6.07, 6.45) is 1.49. The molecule has 0 fully saturated rings. The second kappa shape index (κ2) is 11.5. The van der Waals surface area contributed by atoms with Gasteiger partial charge in [-0.05, 0) is 47.5 Å². The van der Waals surface area contributed by atoms with Crippen molar-refractivity contribution in [3.05, 3.63) is 106 Å². The molecule has 3 rings (SSSR count). The molecule has 0 radical (unpaired) electrons. The van der Waals surface area contributed by atoms with Gasteiger partial charge in [-0.15, -0.1) is 0 Å². The molecule has 0 bridgehead atoms. The highest BCUT2D eigenvalue weighted by Gasteiger charge is 2.11. The van der Waals surface area contributed by atoms with Crippen molar-refractivity contribution in [1.29, 1.82) is 5.26 Å². The van der Waals surface area contributed by atoms with Crippen molar-refractivity contribution in [2.24, 2.45) is 0 Å². The van der Waals surface area contributed by atoms with Crippen molar-refractivity contribution >= 4 is 29.6 Å². The fraction of sp³-hybridized carbons (Fsp3) is 0.115. The van der Waals surface area contributed by atoms with Crippen molar-refractivity contribution < 1.29 is 19.1 Å². The van der Waals surface area contributed by atoms with E-state index in [0.717, 1.165) is 11.1 Å². The Labute approximate surface area is 197 Å². The molecule has 0 aliphatic carbocycles. The average molecular weight is 461 g/mol. The number of carbonyl (C=O) groups is 2. The minimum atomic E-state index is -0.486. The second-order valence-corrected chi connectivity index (χ2v) is 7.43. The Hall–Kier alpha value is -4.08. The summed E-state index contributed by atoms with van der Waals surface area (Å²) in [4.78, 5) is 24.1. The first kappa shape index (κ1) is 23.6. The summed E-state index contributed by atoms with van der Waals surface area (Å²) in [7, 11) is 1.33. The van der Waals surface area contributed by atoms with Crippen LogP contribution in [0.4, 0.5) is 0 Å². The zero-order chi connectivity index (χ0) is 23.6. The highest BCUT2D eigenvalue weighted by Crippen LogP contribution is 2.22. The molecule has 1 amide bonds. The summed E-state index contributed by atoms with van der Waals surface area (Å²) in [6.45, 7) is 0.520. The number of nitriles is 1. The van der Waals surface area contributed by atoms with Crippen LogP contribution in [0.15, 0.2) is 78.4 Å². The van der Waals surface area contributed by atoms with E-state index in [0.29, 0.717) is 21.9 Å². The molecule has 0 aliphatic heterocycles. The molecule has 0 aliphatic rings. The van der Waals surface area contributed by atoms with Gasteiger partial charge in [0.2, 0.25) is 0 Å². The maximum Gasteiger partial charge on any atom is 0.337 e. The predicted octanol–water partition coefficient (Wildman–Crippen LogP) is 4.93. The Morgan fingerprint density at radius 3 is 2.33 bits per heavy atom. The fourth-order valence-electron chi connectivity index (χ4n) is 2.93. The summed E-state index contributed by atoms with van der Waals surface area (Å²) < 4.78 is 10.6. The maximum atomic E-state index is 12.5. The van der Waals surface area contributed by atoms with Crippen LogP contribution in [0, 0.1) is 11.3 Å². The zero-order valence-corrected chi connectivity index (χ0v) is 18.6. The van der Waals surface area contributed by atoms with E-state index in [1.165, 1.54) is 13.2 Å². The van der Waals surface area contributed by atoms with Gasteiger partial charge in [0.15, 0.2) is 0 Å². The molecule has 0 heterocycles. The third-order valence-electron chi connectivity index (χ3n) is 4.72. The van der Waals surface area contributed by atoms with Crippen LogP contribution in [-0.2, 0) is 22.7 Å². The molecule has 0 aromatic heterocycles. The molecule has 0 atom stereocenters. The highest BCUT2D eigenvalue weighted by atomic mass is 35.5. The maximum absolute atomic E-state index is 12.5. The van der Waals surface area contributed by atoms with Crippen molar-refractivity contribution in [3.8, 4) is 11.8 Å². The molecular formula is C26H21ClN2O4. The predicted molar refractivity (Wildman–Crippen MR) is 125 cm³/mol. The van der Waals surface area contributed by atoms with E-state index in [1.54, 1.807) is 72.8 Å². The minimum Gasteiger partial charge on any atom is -0.488 e. The Bertz CT molecular complexity index is 1200. The topological polar surface area (TPSA) is 88.4 Å². The summed E-state index contributed by atoms with van der Waals surface area (Å²) in [5.41, 5.74) is 2.73. The third kappa shape index (κ3) is 6.70. The van der Waals surface area contributed by atoms with Gasteiger partial charge in [0.25, 0.3) is 5.91 Å². The number of carbonyl (C=O) groups excluding carboxylic acids is 2. The summed E-state index contributed by atoms with van der Waals surface area (Å²) in [5.74, 6) is -0.371. The summed E-state index contributed by atoms with van der Waals surface area (Å²) >= 11 is 5.87. The molecule has 33 heavy (non-hydrogen) atoms. The average Bonchev–Trinajstić information content (AvgIpc) is 2.85. The lowest BCUT2D eigenvalue weighted by Crippen LogP contribution is -2.23. The van der Waals surface area contributed by atoms with Crippen molar-refractivity contribution in [1.82, 2.24) is 5.32 Å². The number of amides is 1. The van der Waals surface area contributed by atoms with Crippen LogP contribution < -0.4 is 10.1 Å². The minimum absolute atomic E-state index is 0.0394. The van der Waals surface area contributed by atoms with Gasteiger partial charge in [-0.1, -0.05) is 54.1 Å². The van der Waals surface area contributed by atoms with Crippen molar-refractivity contribution in [3.63, 3.8) is 0 Å². The quantitative estimate of drug-likeness (QED) is 0.292. The van der Waals surface area contributed by atoms with Gasteiger partial charge in [0.05, 0.1) is 12.7 Å². The van der Waals surface area contributed by atoms with Crippen LogP contribution >= 0.6 is 11.6 Å². The third-order valence-corrected chi connectivity index (χ3v) is 4.97. The van der Waals surface area contributed by atoms with Crippen molar-refractivity contribution in [2.45, 2.75) is 13.2 Å². The van der Waals surface area contributed by atoms with Crippen LogP contribution in [0.1, 0.15) is 27.0 Å². The second-order valence-electron chi connectivity index (χ2n) is 6.99. The molecule has 0 spiro atoms. The molecule has 0 unspecified atom stereocenters. The molecule has 0 saturated heterocycles. The number of halogens is 1. The first-order valence-corrected chi connectivity index (χ1v) is 10.4. The lowest BCUT2D eigenvalue weighted by molar-refractivity contribution is -0.117. The SMILES string of the molecule is COC(=O)c1ccc(COc2ccccc2C=C(C#N)C(=O)NCc2ccc(Cl)cc2)cc1. The monoisotopic (exact) mass is 460 g/mol. The van der Waals surface area contributed by atoms with Crippen LogP contribution in [0.2, 0.25) is 5.02 Å². The van der Waals surface area contributed by atoms with Crippen LogP contribution in [0.3, 0.4) is 0 Å². The number of methoxy groups -OCH3 is 1. The van der Waals surface area contributed by atoms with E-state index in [2.05, 4.69) is 5.32 Å². The Balaban J connectivity index is 1.68. The van der Waals surface area contributed by atoms with Crippen molar-refractivity contribution in [2.75, 3.05) is 7.11 Å². The Morgan fingerprint density at radius 2 is 1.67 bits per heavy atom. The van der Waals surface area contributed by atoms with Gasteiger partial charge in [-0.25, -0.2) is 4.79 Å². The van der Waals surface area contributed by atoms with Gasteiger partial charge in [-0.3, -0.25) is 4.79 Å². The number of benzene rings is 3. The number of hydrogen-bond acceptors (Lipinski definition) is 5. The number of esters is 1. The number of para-hydroxylation sites is 1. The smallest absolute Gasteiger partial charge is 0.337 e. The van der Waals surface area contributed by atoms with E-state index in [9.17, 15) is 14.9 Å². The molecule has 7 heteroatoms. The Morgan fingerprint density at radius 1 is 1.00 bits per heavy atom. The summed E-state index contributed by atoms with van der Waals surface area (Å²) in [5, 5.41) is 12.9. The molecule has 3 aromatic rings. The number of hydrogen-bond donors (Lipinski definition) is 1.